The van der Waals surface area contributed by atoms with E-state index in [0.717, 1.165) is 0 Å². The largest absolute Gasteiger partial charge is 0.0649 e. The lowest BCUT2D eigenvalue weighted by Crippen LogP contribution is -2.29. The van der Waals surface area contributed by atoms with Crippen LogP contribution in [0.1, 0.15) is 53.9 Å². The van der Waals surface area contributed by atoms with Crippen LogP contribution in [0, 0.1) is 10.8 Å². The van der Waals surface area contributed by atoms with Crippen molar-refractivity contribution in [2.45, 2.75) is 53.9 Å². The van der Waals surface area contributed by atoms with Crippen LogP contribution in [0.3, 0.4) is 0 Å². The molecule has 0 aliphatic rings. The van der Waals surface area contributed by atoms with Crippen LogP contribution in [0.4, 0.5) is 0 Å². The van der Waals surface area contributed by atoms with Crippen molar-refractivity contribution in [2.24, 2.45) is 10.8 Å². The highest BCUT2D eigenvalue weighted by Gasteiger charge is 2.36. The van der Waals surface area contributed by atoms with Crippen LogP contribution < -0.4 is 0 Å². The lowest BCUT2D eigenvalue weighted by atomic mass is 9.72. The lowest BCUT2D eigenvalue weighted by molar-refractivity contribution is 0.186. The van der Waals surface area contributed by atoms with E-state index in [1.54, 1.807) is 0 Å². The van der Waals surface area contributed by atoms with Gasteiger partial charge in [-0.05, 0) is 18.3 Å². The van der Waals surface area contributed by atoms with Crippen molar-refractivity contribution >= 4 is 7.26 Å². The summed E-state index contributed by atoms with van der Waals surface area (Å²) in [4.78, 5) is 0. The first-order valence-corrected chi connectivity index (χ1v) is 9.66. The van der Waals surface area contributed by atoms with Crippen molar-refractivity contribution in [1.82, 2.24) is 0 Å². The van der Waals surface area contributed by atoms with Crippen LogP contribution in [0.15, 0.2) is 0 Å². The number of rotatable bonds is 6. The summed E-state index contributed by atoms with van der Waals surface area (Å²) in [5, 5.41) is 0. The Hall–Kier alpha value is 0.430. The maximum atomic E-state index is 2.50. The smallest absolute Gasteiger partial charge is 0.0639 e. The first-order valence-electron chi connectivity index (χ1n) is 6.34. The van der Waals surface area contributed by atoms with Crippen molar-refractivity contribution in [2.75, 3.05) is 26.2 Å². The van der Waals surface area contributed by atoms with Gasteiger partial charge in [0.25, 0.3) is 0 Å². The van der Waals surface area contributed by atoms with Crippen molar-refractivity contribution in [3.63, 3.8) is 0 Å². The normalized spacial score (nSPS) is 17.6. The average molecular weight is 231 g/mol. The van der Waals surface area contributed by atoms with E-state index in [1.165, 1.54) is 25.4 Å². The molecule has 0 radical (unpaired) electrons. The Morgan fingerprint density at radius 1 is 0.867 bits per heavy atom. The average Bonchev–Trinajstić information content (AvgIpc) is 2.00. The topological polar surface area (TPSA) is 0 Å². The van der Waals surface area contributed by atoms with Gasteiger partial charge in [0.05, 0.1) is 6.16 Å². The van der Waals surface area contributed by atoms with Crippen LogP contribution in [0.2, 0.25) is 0 Å². The molecule has 0 saturated heterocycles. The van der Waals surface area contributed by atoms with Crippen LogP contribution in [0.5, 0.6) is 0 Å². The van der Waals surface area contributed by atoms with Crippen LogP contribution in [-0.4, -0.2) is 26.2 Å². The maximum absolute atomic E-state index is 2.50. The summed E-state index contributed by atoms with van der Waals surface area (Å²) in [6.45, 7) is 19.4. The summed E-state index contributed by atoms with van der Waals surface area (Å²) >= 11 is 0. The molecule has 0 bridgehead atoms. The van der Waals surface area contributed by atoms with Gasteiger partial charge in [-0.25, -0.2) is 0 Å². The van der Waals surface area contributed by atoms with Crippen LogP contribution >= 0.6 is 7.26 Å². The molecule has 0 aliphatic heterocycles. The molecule has 0 aromatic heterocycles. The molecule has 0 aromatic rings. The summed E-state index contributed by atoms with van der Waals surface area (Å²) < 4.78 is 0. The standard InChI is InChI=1S/C14H32P/c1-9-13(3,4)11-14(5,10-2)12-15(6,7)8/h9-12H2,1-8H3/q+1. The van der Waals surface area contributed by atoms with Gasteiger partial charge >= 0.3 is 0 Å². The summed E-state index contributed by atoms with van der Waals surface area (Å²) in [6.07, 6.45) is 5.45. The highest BCUT2D eigenvalue weighted by atomic mass is 31.2. The zero-order chi connectivity index (χ0) is 12.3. The molecular weight excluding hydrogens is 199 g/mol. The molecule has 0 aliphatic carbocycles. The molecule has 92 valence electrons. The molecule has 0 saturated carbocycles. The fourth-order valence-electron chi connectivity index (χ4n) is 2.72. The summed E-state index contributed by atoms with van der Waals surface area (Å²) in [7, 11) is -0.650. The minimum atomic E-state index is -0.650. The van der Waals surface area contributed by atoms with Gasteiger partial charge < -0.3 is 0 Å². The number of hydrogen-bond donors (Lipinski definition) is 0. The summed E-state index contributed by atoms with van der Waals surface area (Å²) in [6, 6.07) is 0. The Kier molecular flexibility index (Phi) is 5.32. The third-order valence-electron chi connectivity index (χ3n) is 3.57. The quantitative estimate of drug-likeness (QED) is 0.555. The van der Waals surface area contributed by atoms with Crippen molar-refractivity contribution in [3.05, 3.63) is 0 Å². The van der Waals surface area contributed by atoms with Gasteiger partial charge in [-0.15, -0.1) is 0 Å². The third-order valence-corrected chi connectivity index (χ3v) is 5.28. The Balaban J connectivity index is 4.58. The second-order valence-corrected chi connectivity index (χ2v) is 12.2. The Labute approximate surface area is 98.6 Å². The van der Waals surface area contributed by atoms with Crippen molar-refractivity contribution < 1.29 is 0 Å². The van der Waals surface area contributed by atoms with Gasteiger partial charge in [-0.1, -0.05) is 41.0 Å². The Bertz CT molecular complexity index is 188. The fourth-order valence-corrected chi connectivity index (χ4v) is 5.34. The van der Waals surface area contributed by atoms with Crippen LogP contribution in [0.25, 0.3) is 0 Å². The second-order valence-electron chi connectivity index (χ2n) is 7.31. The zero-order valence-electron chi connectivity index (χ0n) is 12.3. The molecule has 0 aromatic carbocycles. The molecule has 0 rings (SSSR count). The monoisotopic (exact) mass is 231 g/mol. The molecule has 1 unspecified atom stereocenters. The van der Waals surface area contributed by atoms with Crippen molar-refractivity contribution in [3.8, 4) is 0 Å². The molecule has 0 nitrogen and oxygen atoms in total. The van der Waals surface area contributed by atoms with E-state index in [-0.39, 0.29) is 0 Å². The van der Waals surface area contributed by atoms with Gasteiger partial charge in [-0.2, -0.15) is 0 Å². The minimum Gasteiger partial charge on any atom is -0.0649 e. The molecule has 15 heavy (non-hydrogen) atoms. The fraction of sp³-hybridized carbons (Fsp3) is 1.00. The van der Waals surface area contributed by atoms with Gasteiger partial charge in [0, 0.05) is 32.7 Å². The van der Waals surface area contributed by atoms with E-state index in [9.17, 15) is 0 Å². The first kappa shape index (κ1) is 15.4. The predicted molar refractivity (Wildman–Crippen MR) is 76.6 cm³/mol. The first-order chi connectivity index (χ1) is 6.54. The minimum absolute atomic E-state index is 0.514. The Morgan fingerprint density at radius 3 is 1.60 bits per heavy atom. The maximum Gasteiger partial charge on any atom is 0.0639 e. The molecule has 1 atom stereocenters. The molecule has 0 N–H and O–H groups in total. The molecule has 0 fully saturated rings. The second kappa shape index (κ2) is 5.17. The SMILES string of the molecule is CCC(C)(C)CC(C)(CC)C[P+](C)(C)C. The van der Waals surface area contributed by atoms with E-state index in [0.29, 0.717) is 10.8 Å². The number of hydrogen-bond acceptors (Lipinski definition) is 0. The van der Waals surface area contributed by atoms with Crippen molar-refractivity contribution in [1.29, 1.82) is 0 Å². The predicted octanol–water partition coefficient (Wildman–Crippen LogP) is 5.14. The lowest BCUT2D eigenvalue weighted by Gasteiger charge is -2.37. The zero-order valence-corrected chi connectivity index (χ0v) is 13.2. The van der Waals surface area contributed by atoms with Gasteiger partial charge in [0.1, 0.15) is 0 Å². The summed E-state index contributed by atoms with van der Waals surface area (Å²) in [5.74, 6) is 0. The van der Waals surface area contributed by atoms with Gasteiger partial charge in [0.2, 0.25) is 0 Å². The van der Waals surface area contributed by atoms with E-state index in [2.05, 4.69) is 54.6 Å². The summed E-state index contributed by atoms with van der Waals surface area (Å²) in [5.41, 5.74) is 1.07. The molecule has 0 amide bonds. The molecule has 1 heteroatoms. The Morgan fingerprint density at radius 2 is 1.33 bits per heavy atom. The highest BCUT2D eigenvalue weighted by molar-refractivity contribution is 7.73. The van der Waals surface area contributed by atoms with Gasteiger partial charge in [0.15, 0.2) is 0 Å². The van der Waals surface area contributed by atoms with E-state index in [4.69, 9.17) is 0 Å². The van der Waals surface area contributed by atoms with Gasteiger partial charge in [-0.3, -0.25) is 0 Å². The molecule has 0 heterocycles. The van der Waals surface area contributed by atoms with E-state index in [1.807, 2.05) is 0 Å². The molecular formula is C14H32P+. The molecule has 0 spiro atoms. The van der Waals surface area contributed by atoms with E-state index >= 15 is 0 Å². The van der Waals surface area contributed by atoms with E-state index < -0.39 is 7.26 Å². The van der Waals surface area contributed by atoms with Crippen LogP contribution in [-0.2, 0) is 0 Å². The third kappa shape index (κ3) is 6.56. The highest BCUT2D eigenvalue weighted by Crippen LogP contribution is 2.55.